The molecule has 2 N–H and O–H groups in total. The second-order valence-electron chi connectivity index (χ2n) is 7.08. The van der Waals surface area contributed by atoms with Gasteiger partial charge in [-0.05, 0) is 52.9 Å². The number of aromatic amines is 1. The van der Waals surface area contributed by atoms with Crippen LogP contribution in [0.5, 0.6) is 0 Å². The van der Waals surface area contributed by atoms with Crippen molar-refractivity contribution in [3.8, 4) is 11.4 Å². The number of carbonyl (C=O) groups is 1. The van der Waals surface area contributed by atoms with Crippen molar-refractivity contribution in [3.63, 3.8) is 0 Å². The third-order valence-electron chi connectivity index (χ3n) is 4.36. The van der Waals surface area contributed by atoms with E-state index < -0.39 is 0 Å². The fraction of sp³-hybridized carbons (Fsp3) is 0.526. The molecule has 2 rings (SSSR count). The number of amides is 1. The molecule has 6 nitrogen and oxygen atoms in total. The number of H-pyrrole nitrogens is 1. The first-order chi connectivity index (χ1) is 12.3. The van der Waals surface area contributed by atoms with Crippen LogP contribution in [0.25, 0.3) is 11.4 Å². The lowest BCUT2D eigenvalue weighted by Crippen LogP contribution is -2.43. The van der Waals surface area contributed by atoms with Gasteiger partial charge < -0.3 is 5.32 Å². The smallest absolute Gasteiger partial charge is 0.240 e. The van der Waals surface area contributed by atoms with E-state index >= 15 is 0 Å². The van der Waals surface area contributed by atoms with E-state index in [2.05, 4.69) is 48.1 Å². The van der Waals surface area contributed by atoms with E-state index in [1.54, 1.807) is 4.57 Å². The maximum Gasteiger partial charge on any atom is 0.240 e. The quantitative estimate of drug-likeness (QED) is 0.696. The molecule has 0 bridgehead atoms. The summed E-state index contributed by atoms with van der Waals surface area (Å²) in [5.74, 6) is 0.615. The largest absolute Gasteiger partial charge is 0.353 e. The highest BCUT2D eigenvalue weighted by Gasteiger charge is 2.15. The summed E-state index contributed by atoms with van der Waals surface area (Å²) in [4.78, 5) is 14.7. The number of hydrogen-bond donors (Lipinski definition) is 2. The van der Waals surface area contributed by atoms with Crippen LogP contribution >= 0.6 is 12.2 Å². The summed E-state index contributed by atoms with van der Waals surface area (Å²) in [7, 11) is 0. The minimum atomic E-state index is -0.0659. The van der Waals surface area contributed by atoms with Crippen molar-refractivity contribution in [2.24, 2.45) is 0 Å². The van der Waals surface area contributed by atoms with Crippen LogP contribution in [0.1, 0.15) is 33.3 Å². The number of nitrogens with one attached hydrogen (secondary N) is 2. The molecule has 1 aromatic heterocycles. The number of nitrogens with zero attached hydrogens (tertiary/aromatic N) is 3. The van der Waals surface area contributed by atoms with Gasteiger partial charge in [-0.25, -0.2) is 0 Å². The van der Waals surface area contributed by atoms with E-state index in [9.17, 15) is 4.79 Å². The van der Waals surface area contributed by atoms with Gasteiger partial charge in [0.1, 0.15) is 6.54 Å². The fourth-order valence-electron chi connectivity index (χ4n) is 3.11. The Hall–Kier alpha value is -1.99. The average Bonchev–Trinajstić information content (AvgIpc) is 2.91. The SMILES string of the molecule is Cc1cccc(-c2n[nH]c(=S)n2CC(=O)NCCN(C(C)C)C(C)C)c1. The summed E-state index contributed by atoms with van der Waals surface area (Å²) in [6.07, 6.45) is 0. The van der Waals surface area contributed by atoms with Gasteiger partial charge in [-0.2, -0.15) is 5.10 Å². The molecule has 1 aromatic carbocycles. The van der Waals surface area contributed by atoms with Crippen LogP contribution in [0.2, 0.25) is 0 Å². The van der Waals surface area contributed by atoms with Gasteiger partial charge in [0.2, 0.25) is 5.91 Å². The second kappa shape index (κ2) is 9.09. The molecule has 0 spiro atoms. The number of benzene rings is 1. The molecular weight excluding hydrogens is 346 g/mol. The van der Waals surface area contributed by atoms with Crippen molar-refractivity contribution in [1.82, 2.24) is 25.0 Å². The Balaban J connectivity index is 2.02. The minimum Gasteiger partial charge on any atom is -0.353 e. The van der Waals surface area contributed by atoms with E-state index in [1.165, 1.54) is 0 Å². The van der Waals surface area contributed by atoms with Crippen molar-refractivity contribution < 1.29 is 4.79 Å². The van der Waals surface area contributed by atoms with Gasteiger partial charge in [0.25, 0.3) is 0 Å². The van der Waals surface area contributed by atoms with Crippen molar-refractivity contribution in [1.29, 1.82) is 0 Å². The van der Waals surface area contributed by atoms with Crippen molar-refractivity contribution in [2.75, 3.05) is 13.1 Å². The monoisotopic (exact) mass is 375 g/mol. The first kappa shape index (κ1) is 20.3. The van der Waals surface area contributed by atoms with Gasteiger partial charge in [-0.3, -0.25) is 19.4 Å². The molecule has 0 atom stereocenters. The Morgan fingerprint density at radius 1 is 1.31 bits per heavy atom. The van der Waals surface area contributed by atoms with Gasteiger partial charge >= 0.3 is 0 Å². The number of carbonyl (C=O) groups excluding carboxylic acids is 1. The lowest BCUT2D eigenvalue weighted by molar-refractivity contribution is -0.121. The third kappa shape index (κ3) is 5.25. The predicted octanol–water partition coefficient (Wildman–Crippen LogP) is 3.15. The highest BCUT2D eigenvalue weighted by atomic mass is 32.1. The van der Waals surface area contributed by atoms with E-state index in [-0.39, 0.29) is 12.5 Å². The summed E-state index contributed by atoms with van der Waals surface area (Å²) in [5, 5.41) is 10.1. The number of aryl methyl sites for hydroxylation is 1. The normalized spacial score (nSPS) is 11.5. The number of hydrogen-bond acceptors (Lipinski definition) is 4. The summed E-state index contributed by atoms with van der Waals surface area (Å²) < 4.78 is 2.19. The summed E-state index contributed by atoms with van der Waals surface area (Å²) in [5.41, 5.74) is 2.07. The molecular formula is C19H29N5OS. The molecule has 142 valence electrons. The highest BCUT2D eigenvalue weighted by Crippen LogP contribution is 2.18. The maximum absolute atomic E-state index is 12.4. The molecule has 0 aliphatic heterocycles. The topological polar surface area (TPSA) is 66.0 Å². The van der Waals surface area contributed by atoms with Crippen LogP contribution in [0.15, 0.2) is 24.3 Å². The standard InChI is InChI=1S/C19H29N5OS/c1-13(2)23(14(3)4)10-9-20-17(25)12-24-18(21-22-19(24)26)16-8-6-7-15(5)11-16/h6-8,11,13-14H,9-10,12H2,1-5H3,(H,20,25)(H,22,26). The maximum atomic E-state index is 12.4. The third-order valence-corrected chi connectivity index (χ3v) is 4.67. The van der Waals surface area contributed by atoms with Crippen LogP contribution in [0.4, 0.5) is 0 Å². The molecule has 2 aromatic rings. The fourth-order valence-corrected chi connectivity index (χ4v) is 3.30. The van der Waals surface area contributed by atoms with E-state index in [4.69, 9.17) is 12.2 Å². The second-order valence-corrected chi connectivity index (χ2v) is 7.47. The van der Waals surface area contributed by atoms with Crippen LogP contribution < -0.4 is 5.32 Å². The summed E-state index contributed by atoms with van der Waals surface area (Å²) in [6.45, 7) is 12.3. The number of aromatic nitrogens is 3. The van der Waals surface area contributed by atoms with Gasteiger partial charge in [0, 0.05) is 30.7 Å². The van der Waals surface area contributed by atoms with Crippen LogP contribution in [-0.2, 0) is 11.3 Å². The van der Waals surface area contributed by atoms with Crippen LogP contribution in [0.3, 0.4) is 0 Å². The van der Waals surface area contributed by atoms with Gasteiger partial charge in [-0.15, -0.1) is 0 Å². The molecule has 0 aliphatic rings. The van der Waals surface area contributed by atoms with E-state index in [1.807, 2.05) is 31.2 Å². The lowest BCUT2D eigenvalue weighted by atomic mass is 10.1. The first-order valence-electron chi connectivity index (χ1n) is 9.04. The molecule has 1 amide bonds. The molecule has 0 aliphatic carbocycles. The number of rotatable bonds is 8. The molecule has 0 unspecified atom stereocenters. The molecule has 0 saturated carbocycles. The Kier molecular flexibility index (Phi) is 7.11. The Morgan fingerprint density at radius 2 is 2.00 bits per heavy atom. The first-order valence-corrected chi connectivity index (χ1v) is 9.45. The Morgan fingerprint density at radius 3 is 2.62 bits per heavy atom. The molecule has 26 heavy (non-hydrogen) atoms. The zero-order valence-corrected chi connectivity index (χ0v) is 17.1. The van der Waals surface area contributed by atoms with Gasteiger partial charge in [0.15, 0.2) is 10.6 Å². The lowest BCUT2D eigenvalue weighted by Gasteiger charge is -2.30. The molecule has 7 heteroatoms. The van der Waals surface area contributed by atoms with Crippen molar-refractivity contribution in [3.05, 3.63) is 34.6 Å². The van der Waals surface area contributed by atoms with Crippen molar-refractivity contribution >= 4 is 18.1 Å². The molecule has 1 heterocycles. The zero-order valence-electron chi connectivity index (χ0n) is 16.2. The van der Waals surface area contributed by atoms with Crippen LogP contribution in [0, 0.1) is 11.7 Å². The molecule has 0 radical (unpaired) electrons. The average molecular weight is 376 g/mol. The van der Waals surface area contributed by atoms with Crippen LogP contribution in [-0.4, -0.2) is 50.7 Å². The van der Waals surface area contributed by atoms with Gasteiger partial charge in [0.05, 0.1) is 0 Å². The Bertz CT molecular complexity index is 785. The predicted molar refractivity (Wildman–Crippen MR) is 108 cm³/mol. The molecule has 0 fully saturated rings. The summed E-state index contributed by atoms with van der Waals surface area (Å²) in [6, 6.07) is 8.89. The highest BCUT2D eigenvalue weighted by molar-refractivity contribution is 7.71. The zero-order chi connectivity index (χ0) is 19.3. The van der Waals surface area contributed by atoms with Gasteiger partial charge in [-0.1, -0.05) is 23.8 Å². The minimum absolute atomic E-state index is 0.0659. The van der Waals surface area contributed by atoms with E-state index in [0.29, 0.717) is 29.2 Å². The molecule has 0 saturated heterocycles. The van der Waals surface area contributed by atoms with E-state index in [0.717, 1.165) is 17.7 Å². The van der Waals surface area contributed by atoms with Crippen molar-refractivity contribution in [2.45, 2.75) is 53.2 Å². The summed E-state index contributed by atoms with van der Waals surface area (Å²) >= 11 is 5.30. The Labute approximate surface area is 160 Å².